The molecule has 5 heteroatoms. The Bertz CT molecular complexity index is 765. The quantitative estimate of drug-likeness (QED) is 0.644. The zero-order chi connectivity index (χ0) is 15.7. The van der Waals surface area contributed by atoms with Gasteiger partial charge in [0.25, 0.3) is 0 Å². The highest BCUT2D eigenvalue weighted by atomic mass is 16.5. The molecule has 22 heavy (non-hydrogen) atoms. The standard InChI is InChI=1S/C17H19NO4/c1-11-4-3-7-18(9-11)16-13-6-5-12(21-2)8-15(13)22-17(20)14(16)10-19/h5-6,8,10-11H,3-4,7,9H2,1-2H3. The molecule has 0 bridgehead atoms. The van der Waals surface area contributed by atoms with Gasteiger partial charge in [0.1, 0.15) is 16.9 Å². The lowest BCUT2D eigenvalue weighted by atomic mass is 9.98. The molecule has 2 aromatic rings. The van der Waals surface area contributed by atoms with Crippen molar-refractivity contribution in [2.75, 3.05) is 25.1 Å². The number of hydrogen-bond acceptors (Lipinski definition) is 5. The largest absolute Gasteiger partial charge is 0.497 e. The Kier molecular flexibility index (Phi) is 3.88. The monoisotopic (exact) mass is 301 g/mol. The number of carbonyl (C=O) groups is 1. The Morgan fingerprint density at radius 1 is 1.41 bits per heavy atom. The van der Waals surface area contributed by atoms with Crippen LogP contribution in [0.1, 0.15) is 30.1 Å². The van der Waals surface area contributed by atoms with Gasteiger partial charge in [0, 0.05) is 24.5 Å². The molecular weight excluding hydrogens is 282 g/mol. The molecule has 1 aliphatic heterocycles. The van der Waals surface area contributed by atoms with E-state index in [0.717, 1.165) is 24.9 Å². The molecule has 2 heterocycles. The molecule has 1 aromatic carbocycles. The van der Waals surface area contributed by atoms with E-state index >= 15 is 0 Å². The van der Waals surface area contributed by atoms with E-state index in [-0.39, 0.29) is 5.56 Å². The van der Waals surface area contributed by atoms with Gasteiger partial charge >= 0.3 is 5.63 Å². The highest BCUT2D eigenvalue weighted by molar-refractivity contribution is 5.99. The number of piperidine rings is 1. The van der Waals surface area contributed by atoms with Crippen molar-refractivity contribution in [3.8, 4) is 5.75 Å². The highest BCUT2D eigenvalue weighted by Crippen LogP contribution is 2.33. The summed E-state index contributed by atoms with van der Waals surface area (Å²) in [5, 5.41) is 0.775. The summed E-state index contributed by atoms with van der Waals surface area (Å²) >= 11 is 0. The van der Waals surface area contributed by atoms with Crippen molar-refractivity contribution in [3.05, 3.63) is 34.2 Å². The van der Waals surface area contributed by atoms with Crippen LogP contribution >= 0.6 is 0 Å². The number of methoxy groups -OCH3 is 1. The highest BCUT2D eigenvalue weighted by Gasteiger charge is 2.24. The van der Waals surface area contributed by atoms with E-state index in [4.69, 9.17) is 9.15 Å². The first-order valence-electron chi connectivity index (χ1n) is 7.49. The molecular formula is C17H19NO4. The first kappa shape index (κ1) is 14.6. The topological polar surface area (TPSA) is 59.8 Å². The summed E-state index contributed by atoms with van der Waals surface area (Å²) in [6, 6.07) is 5.34. The van der Waals surface area contributed by atoms with Crippen LogP contribution in [-0.2, 0) is 0 Å². The fourth-order valence-electron chi connectivity index (χ4n) is 3.14. The normalized spacial score (nSPS) is 18.5. The zero-order valence-electron chi connectivity index (χ0n) is 12.8. The van der Waals surface area contributed by atoms with E-state index < -0.39 is 5.63 Å². The number of rotatable bonds is 3. The van der Waals surface area contributed by atoms with Gasteiger partial charge in [-0.2, -0.15) is 0 Å². The lowest BCUT2D eigenvalue weighted by Gasteiger charge is -2.33. The van der Waals surface area contributed by atoms with Gasteiger partial charge in [0.2, 0.25) is 0 Å². The maximum Gasteiger partial charge on any atom is 0.349 e. The first-order valence-corrected chi connectivity index (χ1v) is 7.49. The molecule has 0 saturated carbocycles. The second-order valence-corrected chi connectivity index (χ2v) is 5.83. The second kappa shape index (κ2) is 5.83. The van der Waals surface area contributed by atoms with Crippen molar-refractivity contribution in [3.63, 3.8) is 0 Å². The number of nitrogens with zero attached hydrogens (tertiary/aromatic N) is 1. The summed E-state index contributed by atoms with van der Waals surface area (Å²) in [5.41, 5.74) is 0.648. The van der Waals surface area contributed by atoms with Gasteiger partial charge in [-0.05, 0) is 30.9 Å². The van der Waals surface area contributed by atoms with Crippen LogP contribution in [0.3, 0.4) is 0 Å². The Labute approximate surface area is 128 Å². The van der Waals surface area contributed by atoms with Crippen LogP contribution in [0.25, 0.3) is 11.0 Å². The minimum atomic E-state index is -0.594. The molecule has 0 aliphatic carbocycles. The second-order valence-electron chi connectivity index (χ2n) is 5.83. The number of ether oxygens (including phenoxy) is 1. The Balaban J connectivity index is 2.24. The smallest absolute Gasteiger partial charge is 0.349 e. The average molecular weight is 301 g/mol. The molecule has 0 spiro atoms. The number of aldehydes is 1. The predicted octanol–water partition coefficient (Wildman–Crippen LogP) is 2.85. The molecule has 0 radical (unpaired) electrons. The van der Waals surface area contributed by atoms with Gasteiger partial charge in [0.05, 0.1) is 12.8 Å². The van der Waals surface area contributed by atoms with E-state index in [1.165, 1.54) is 6.42 Å². The van der Waals surface area contributed by atoms with Gasteiger partial charge in [-0.25, -0.2) is 4.79 Å². The lowest BCUT2D eigenvalue weighted by molar-refractivity contribution is 0.112. The van der Waals surface area contributed by atoms with Crippen molar-refractivity contribution in [2.24, 2.45) is 5.92 Å². The van der Waals surface area contributed by atoms with Gasteiger partial charge in [0.15, 0.2) is 6.29 Å². The maximum absolute atomic E-state index is 12.1. The van der Waals surface area contributed by atoms with Crippen LogP contribution in [-0.4, -0.2) is 26.5 Å². The van der Waals surface area contributed by atoms with E-state index in [0.29, 0.717) is 29.2 Å². The zero-order valence-corrected chi connectivity index (χ0v) is 12.8. The lowest BCUT2D eigenvalue weighted by Crippen LogP contribution is -2.36. The van der Waals surface area contributed by atoms with Crippen LogP contribution in [0.4, 0.5) is 5.69 Å². The van der Waals surface area contributed by atoms with Gasteiger partial charge in [-0.1, -0.05) is 6.92 Å². The van der Waals surface area contributed by atoms with E-state index in [9.17, 15) is 9.59 Å². The number of hydrogen-bond donors (Lipinski definition) is 0. The molecule has 0 N–H and O–H groups in total. The van der Waals surface area contributed by atoms with Crippen LogP contribution in [0.15, 0.2) is 27.4 Å². The minimum Gasteiger partial charge on any atom is -0.497 e. The van der Waals surface area contributed by atoms with Crippen molar-refractivity contribution >= 4 is 22.9 Å². The van der Waals surface area contributed by atoms with Crippen LogP contribution < -0.4 is 15.3 Å². The fraction of sp³-hybridized carbons (Fsp3) is 0.412. The van der Waals surface area contributed by atoms with E-state index in [2.05, 4.69) is 11.8 Å². The van der Waals surface area contributed by atoms with E-state index in [1.807, 2.05) is 12.1 Å². The van der Waals surface area contributed by atoms with Crippen LogP contribution in [0.5, 0.6) is 5.75 Å². The average Bonchev–Trinajstić information content (AvgIpc) is 2.52. The minimum absolute atomic E-state index is 0.103. The molecule has 1 saturated heterocycles. The van der Waals surface area contributed by atoms with E-state index in [1.54, 1.807) is 13.2 Å². The summed E-state index contributed by atoms with van der Waals surface area (Å²) in [7, 11) is 1.56. The number of fused-ring (bicyclic) bond motifs is 1. The molecule has 1 fully saturated rings. The Hall–Kier alpha value is -2.30. The first-order chi connectivity index (χ1) is 10.6. The summed E-state index contributed by atoms with van der Waals surface area (Å²) < 4.78 is 10.5. The van der Waals surface area contributed by atoms with Crippen molar-refractivity contribution < 1.29 is 13.9 Å². The summed E-state index contributed by atoms with van der Waals surface area (Å²) in [6.45, 7) is 3.87. The van der Waals surface area contributed by atoms with Gasteiger partial charge in [-0.3, -0.25) is 4.79 Å². The van der Waals surface area contributed by atoms with Crippen molar-refractivity contribution in [1.29, 1.82) is 0 Å². The SMILES string of the molecule is COc1ccc2c(N3CCCC(C)C3)c(C=O)c(=O)oc2c1. The Morgan fingerprint density at radius 2 is 2.23 bits per heavy atom. The number of carbonyl (C=O) groups excluding carboxylic acids is 1. The molecule has 1 atom stereocenters. The Morgan fingerprint density at radius 3 is 2.91 bits per heavy atom. The molecule has 1 unspecified atom stereocenters. The fourth-order valence-corrected chi connectivity index (χ4v) is 3.14. The number of anilines is 1. The molecule has 116 valence electrons. The summed E-state index contributed by atoms with van der Waals surface area (Å²) in [6.07, 6.45) is 2.82. The van der Waals surface area contributed by atoms with Crippen LogP contribution in [0.2, 0.25) is 0 Å². The molecule has 1 aromatic heterocycles. The van der Waals surface area contributed by atoms with Crippen molar-refractivity contribution in [1.82, 2.24) is 0 Å². The van der Waals surface area contributed by atoms with Crippen molar-refractivity contribution in [2.45, 2.75) is 19.8 Å². The predicted molar refractivity (Wildman–Crippen MR) is 85.0 cm³/mol. The van der Waals surface area contributed by atoms with Gasteiger partial charge in [-0.15, -0.1) is 0 Å². The third-order valence-electron chi connectivity index (χ3n) is 4.21. The molecule has 3 rings (SSSR count). The number of benzene rings is 1. The molecule has 0 amide bonds. The van der Waals surface area contributed by atoms with Gasteiger partial charge < -0.3 is 14.1 Å². The van der Waals surface area contributed by atoms with Crippen LogP contribution in [0, 0.1) is 5.92 Å². The maximum atomic E-state index is 12.1. The molecule has 1 aliphatic rings. The molecule has 5 nitrogen and oxygen atoms in total. The third kappa shape index (κ3) is 2.47. The summed E-state index contributed by atoms with van der Waals surface area (Å²) in [4.78, 5) is 25.7. The third-order valence-corrected chi connectivity index (χ3v) is 4.21. The summed E-state index contributed by atoms with van der Waals surface area (Å²) in [5.74, 6) is 1.15.